The lowest BCUT2D eigenvalue weighted by Gasteiger charge is -2.28. The van der Waals surface area contributed by atoms with E-state index in [0.29, 0.717) is 11.3 Å². The van der Waals surface area contributed by atoms with Gasteiger partial charge in [0.05, 0.1) is 5.56 Å². The number of para-hydroxylation sites is 1. The first-order chi connectivity index (χ1) is 17.2. The molecule has 0 aliphatic rings. The molecule has 0 bridgehead atoms. The van der Waals surface area contributed by atoms with Gasteiger partial charge in [-0.3, -0.25) is 0 Å². The molecule has 0 fully saturated rings. The van der Waals surface area contributed by atoms with E-state index in [9.17, 15) is 9.90 Å². The van der Waals surface area contributed by atoms with Gasteiger partial charge in [0.2, 0.25) is 0 Å². The van der Waals surface area contributed by atoms with Crippen LogP contribution >= 0.6 is 0 Å². The molecule has 3 nitrogen and oxygen atoms in total. The van der Waals surface area contributed by atoms with E-state index in [1.165, 1.54) is 11.1 Å². The number of phenols is 1. The minimum Gasteiger partial charge on any atom is -0.507 e. The van der Waals surface area contributed by atoms with Crippen LogP contribution in [0.15, 0.2) is 54.6 Å². The highest BCUT2D eigenvalue weighted by molar-refractivity contribution is 5.93. The van der Waals surface area contributed by atoms with Crippen molar-refractivity contribution in [3.05, 3.63) is 82.4 Å². The van der Waals surface area contributed by atoms with Crippen molar-refractivity contribution in [2.45, 2.75) is 105 Å². The van der Waals surface area contributed by atoms with Crippen molar-refractivity contribution in [1.29, 1.82) is 0 Å². The monoisotopic (exact) mass is 514 g/mol. The Balaban J connectivity index is 2.14. The molecule has 0 spiro atoms. The Morgan fingerprint density at radius 1 is 0.605 bits per heavy atom. The molecule has 3 rings (SSSR count). The number of carbonyl (C=O) groups is 1. The fraction of sp³-hybridized carbons (Fsp3) is 0.457. The number of benzene rings is 3. The first kappa shape index (κ1) is 29.5. The highest BCUT2D eigenvalue weighted by Gasteiger charge is 2.29. The summed E-state index contributed by atoms with van der Waals surface area (Å²) in [6.45, 7) is 25.5. The van der Waals surface area contributed by atoms with Crippen LogP contribution < -0.4 is 4.74 Å². The number of aromatic hydroxyl groups is 1. The van der Waals surface area contributed by atoms with E-state index in [1.54, 1.807) is 12.1 Å². The van der Waals surface area contributed by atoms with Gasteiger partial charge in [0.15, 0.2) is 0 Å². The summed E-state index contributed by atoms with van der Waals surface area (Å²) < 4.78 is 6.11. The summed E-state index contributed by atoms with van der Waals surface area (Å²) in [5, 5.41) is 11.1. The van der Waals surface area contributed by atoms with E-state index in [-0.39, 0.29) is 27.4 Å². The van der Waals surface area contributed by atoms with Crippen molar-refractivity contribution in [2.24, 2.45) is 0 Å². The van der Waals surface area contributed by atoms with Crippen molar-refractivity contribution in [1.82, 2.24) is 0 Å². The summed E-state index contributed by atoms with van der Waals surface area (Å²) >= 11 is 0. The third-order valence-electron chi connectivity index (χ3n) is 7.04. The number of phenolic OH excluding ortho intramolecular Hbond substituents is 1. The second kappa shape index (κ2) is 9.91. The van der Waals surface area contributed by atoms with Gasteiger partial charge in [0, 0.05) is 16.7 Å². The number of hydrogen-bond acceptors (Lipinski definition) is 3. The maximum atomic E-state index is 13.6. The molecule has 0 heterocycles. The second-order valence-corrected chi connectivity index (χ2v) is 14.6. The van der Waals surface area contributed by atoms with Gasteiger partial charge < -0.3 is 9.84 Å². The molecule has 0 unspecified atom stereocenters. The van der Waals surface area contributed by atoms with Gasteiger partial charge in [-0.2, -0.15) is 0 Å². The lowest BCUT2D eigenvalue weighted by molar-refractivity contribution is 0.0735. The zero-order chi connectivity index (χ0) is 28.8. The zero-order valence-electron chi connectivity index (χ0n) is 25.5. The van der Waals surface area contributed by atoms with Crippen LogP contribution in [0.5, 0.6) is 11.5 Å². The molecule has 0 atom stereocenters. The van der Waals surface area contributed by atoms with Crippen molar-refractivity contribution >= 4 is 5.97 Å². The van der Waals surface area contributed by atoms with Gasteiger partial charge in [0.25, 0.3) is 0 Å². The van der Waals surface area contributed by atoms with Gasteiger partial charge in [0.1, 0.15) is 11.5 Å². The molecule has 3 aromatic rings. The Morgan fingerprint density at radius 3 is 1.58 bits per heavy atom. The fourth-order valence-corrected chi connectivity index (χ4v) is 4.70. The zero-order valence-corrected chi connectivity index (χ0v) is 25.5. The molecule has 204 valence electrons. The van der Waals surface area contributed by atoms with Gasteiger partial charge in [-0.15, -0.1) is 0 Å². The molecular formula is C35H46O3. The summed E-state index contributed by atoms with van der Waals surface area (Å²) in [4.78, 5) is 13.6. The van der Waals surface area contributed by atoms with Crippen LogP contribution in [0.3, 0.4) is 0 Å². The molecule has 0 saturated carbocycles. The summed E-state index contributed by atoms with van der Waals surface area (Å²) in [6.07, 6.45) is 0. The molecule has 0 radical (unpaired) electrons. The summed E-state index contributed by atoms with van der Waals surface area (Å²) in [5.41, 5.74) is 5.58. The molecule has 0 amide bonds. The van der Waals surface area contributed by atoms with Crippen molar-refractivity contribution < 1.29 is 14.6 Å². The van der Waals surface area contributed by atoms with Crippen LogP contribution in [0.25, 0.3) is 11.1 Å². The predicted octanol–water partition coefficient (Wildman–Crippen LogP) is 9.47. The number of carbonyl (C=O) groups excluding carboxylic acids is 1. The van der Waals surface area contributed by atoms with E-state index in [0.717, 1.165) is 22.3 Å². The smallest absolute Gasteiger partial charge is 0.343 e. The summed E-state index contributed by atoms with van der Waals surface area (Å²) in [7, 11) is 0. The third-order valence-corrected chi connectivity index (χ3v) is 7.04. The van der Waals surface area contributed by atoms with E-state index < -0.39 is 5.97 Å². The molecule has 0 aromatic heterocycles. The van der Waals surface area contributed by atoms with Crippen molar-refractivity contribution in [3.63, 3.8) is 0 Å². The molecular weight excluding hydrogens is 468 g/mol. The number of rotatable bonds is 3. The van der Waals surface area contributed by atoms with Crippen LogP contribution in [0.1, 0.15) is 116 Å². The van der Waals surface area contributed by atoms with E-state index in [1.807, 2.05) is 65.8 Å². The third kappa shape index (κ3) is 6.31. The van der Waals surface area contributed by atoms with E-state index in [2.05, 4.69) is 59.7 Å². The Morgan fingerprint density at radius 2 is 1.11 bits per heavy atom. The predicted molar refractivity (Wildman–Crippen MR) is 160 cm³/mol. The first-order valence-corrected chi connectivity index (χ1v) is 13.6. The van der Waals surface area contributed by atoms with Gasteiger partial charge in [-0.25, -0.2) is 4.79 Å². The maximum Gasteiger partial charge on any atom is 0.343 e. The SMILES string of the molecule is CC(C)(C)c1ccc(-c2ccccc2OC(=O)c2cc(C(C)(C)C)c(O)c(C(C)(C)C)c2)c(C(C)(C)C)c1. The Kier molecular flexibility index (Phi) is 7.69. The van der Waals surface area contributed by atoms with Crippen molar-refractivity contribution in [2.75, 3.05) is 0 Å². The largest absolute Gasteiger partial charge is 0.507 e. The highest BCUT2D eigenvalue weighted by Crippen LogP contribution is 2.42. The molecule has 3 aromatic carbocycles. The Hall–Kier alpha value is -3.07. The van der Waals surface area contributed by atoms with Crippen LogP contribution in [0, 0.1) is 0 Å². The maximum absolute atomic E-state index is 13.6. The molecule has 0 saturated heterocycles. The van der Waals surface area contributed by atoms with E-state index in [4.69, 9.17) is 4.74 Å². The van der Waals surface area contributed by atoms with Crippen molar-refractivity contribution in [3.8, 4) is 22.6 Å². The second-order valence-electron chi connectivity index (χ2n) is 14.6. The number of esters is 1. The van der Waals surface area contributed by atoms with Gasteiger partial charge >= 0.3 is 5.97 Å². The number of ether oxygens (including phenoxy) is 1. The van der Waals surface area contributed by atoms with Crippen LogP contribution in [-0.4, -0.2) is 11.1 Å². The quantitative estimate of drug-likeness (QED) is 0.280. The van der Waals surface area contributed by atoms with E-state index >= 15 is 0 Å². The Bertz CT molecular complexity index is 1300. The highest BCUT2D eigenvalue weighted by atomic mass is 16.5. The standard InChI is InChI=1S/C35H46O3/c1-32(2,3)23-17-18-24(26(21-23)33(4,5)6)25-15-13-14-16-29(25)38-31(37)22-19-27(34(7,8)9)30(36)28(20-22)35(10,11)12/h13-21,36H,1-12H3. The molecule has 1 N–H and O–H groups in total. The molecule has 38 heavy (non-hydrogen) atoms. The molecule has 0 aliphatic heterocycles. The molecule has 0 aliphatic carbocycles. The lowest BCUT2D eigenvalue weighted by atomic mass is 9.77. The van der Waals surface area contributed by atoms with Gasteiger partial charge in [-0.1, -0.05) is 119 Å². The first-order valence-electron chi connectivity index (χ1n) is 13.6. The average molecular weight is 515 g/mol. The van der Waals surface area contributed by atoms with Crippen LogP contribution in [-0.2, 0) is 21.7 Å². The van der Waals surface area contributed by atoms with Gasteiger partial charge in [-0.05, 0) is 56.5 Å². The topological polar surface area (TPSA) is 46.5 Å². The van der Waals surface area contributed by atoms with Crippen LogP contribution in [0.2, 0.25) is 0 Å². The lowest BCUT2D eigenvalue weighted by Crippen LogP contribution is -2.20. The van der Waals surface area contributed by atoms with Crippen LogP contribution in [0.4, 0.5) is 0 Å². The normalized spacial score (nSPS) is 12.9. The molecule has 3 heteroatoms. The number of hydrogen-bond donors (Lipinski definition) is 1. The summed E-state index contributed by atoms with van der Waals surface area (Å²) in [5.74, 6) is 0.335. The average Bonchev–Trinajstić information content (AvgIpc) is 2.76. The summed E-state index contributed by atoms with van der Waals surface area (Å²) in [6, 6.07) is 17.9. The Labute approximate surface area is 230 Å². The minimum absolute atomic E-state index is 0.0267. The minimum atomic E-state index is -0.433. The fourth-order valence-electron chi connectivity index (χ4n) is 4.70.